The molecule has 0 saturated carbocycles. The zero-order valence-corrected chi connectivity index (χ0v) is 12.2. The summed E-state index contributed by atoms with van der Waals surface area (Å²) in [5.41, 5.74) is 2.75. The van der Waals surface area contributed by atoms with Crippen LogP contribution in [0.4, 0.5) is 5.69 Å². The number of ether oxygens (including phenoxy) is 3. The topological polar surface area (TPSA) is 86.2 Å². The van der Waals surface area contributed by atoms with Gasteiger partial charge in [-0.1, -0.05) is 0 Å². The minimum absolute atomic E-state index is 0.139. The number of nitrogens with one attached hydrogen (secondary N) is 1. The maximum atomic E-state index is 11.7. The van der Waals surface area contributed by atoms with E-state index in [1.165, 1.54) is 0 Å². The quantitative estimate of drug-likeness (QED) is 0.356. The molecule has 21 heavy (non-hydrogen) atoms. The molecule has 0 radical (unpaired) electrons. The number of hydrogen-bond donors (Lipinski definition) is 1. The lowest BCUT2D eigenvalue weighted by molar-refractivity contribution is -0.140. The lowest BCUT2D eigenvalue weighted by atomic mass is 10.3. The monoisotopic (exact) mass is 294 g/mol. The molecule has 0 heterocycles. The van der Waals surface area contributed by atoms with E-state index in [0.29, 0.717) is 11.4 Å². The van der Waals surface area contributed by atoms with E-state index in [4.69, 9.17) is 14.2 Å². The second-order valence-electron chi connectivity index (χ2n) is 3.74. The Kier molecular flexibility index (Phi) is 6.73. The molecular formula is C14H18N2O5. The highest BCUT2D eigenvalue weighted by molar-refractivity contribution is 6.62. The minimum atomic E-state index is -0.836. The fourth-order valence-electron chi connectivity index (χ4n) is 1.36. The Hall–Kier alpha value is -2.57. The number of rotatable bonds is 7. The van der Waals surface area contributed by atoms with E-state index in [1.807, 2.05) is 0 Å². The molecule has 0 amide bonds. The lowest BCUT2D eigenvalue weighted by Crippen LogP contribution is -2.29. The van der Waals surface area contributed by atoms with Crippen molar-refractivity contribution in [1.29, 1.82) is 0 Å². The van der Waals surface area contributed by atoms with Crippen molar-refractivity contribution < 1.29 is 23.8 Å². The van der Waals surface area contributed by atoms with Gasteiger partial charge in [0.15, 0.2) is 0 Å². The minimum Gasteiger partial charge on any atom is -0.497 e. The van der Waals surface area contributed by atoms with Crippen molar-refractivity contribution >= 4 is 23.3 Å². The highest BCUT2D eigenvalue weighted by atomic mass is 16.6. The Morgan fingerprint density at radius 2 is 1.57 bits per heavy atom. The van der Waals surface area contributed by atoms with Gasteiger partial charge in [0.25, 0.3) is 5.71 Å². The smallest absolute Gasteiger partial charge is 0.366 e. The number of esters is 2. The van der Waals surface area contributed by atoms with Crippen molar-refractivity contribution in [2.24, 2.45) is 5.10 Å². The summed E-state index contributed by atoms with van der Waals surface area (Å²) < 4.78 is 14.6. The van der Waals surface area contributed by atoms with Crippen LogP contribution in [0, 0.1) is 0 Å². The SMILES string of the molecule is CCOC(=O)C(=NNc1ccc(OC)cc1)C(=O)OCC. The van der Waals surface area contributed by atoms with Crippen molar-refractivity contribution in [2.45, 2.75) is 13.8 Å². The fourth-order valence-corrected chi connectivity index (χ4v) is 1.36. The molecule has 0 bridgehead atoms. The van der Waals surface area contributed by atoms with E-state index in [9.17, 15) is 9.59 Å². The molecule has 7 nitrogen and oxygen atoms in total. The van der Waals surface area contributed by atoms with Gasteiger partial charge in [-0.15, -0.1) is 0 Å². The fraction of sp³-hybridized carbons (Fsp3) is 0.357. The van der Waals surface area contributed by atoms with Crippen molar-refractivity contribution in [2.75, 3.05) is 25.7 Å². The number of nitrogens with zero attached hydrogens (tertiary/aromatic N) is 1. The molecule has 0 aliphatic heterocycles. The Bertz CT molecular complexity index is 491. The molecule has 0 spiro atoms. The van der Waals surface area contributed by atoms with Gasteiger partial charge in [0.1, 0.15) is 5.75 Å². The normalized spacial score (nSPS) is 9.48. The summed E-state index contributed by atoms with van der Waals surface area (Å²) in [6.07, 6.45) is 0. The Morgan fingerprint density at radius 1 is 1.05 bits per heavy atom. The summed E-state index contributed by atoms with van der Waals surface area (Å²) in [5, 5.41) is 3.76. The van der Waals surface area contributed by atoms with Crippen molar-refractivity contribution in [3.05, 3.63) is 24.3 Å². The van der Waals surface area contributed by atoms with Gasteiger partial charge in [0, 0.05) is 0 Å². The maximum Gasteiger partial charge on any atom is 0.366 e. The van der Waals surface area contributed by atoms with E-state index >= 15 is 0 Å². The first kappa shape index (κ1) is 16.5. The van der Waals surface area contributed by atoms with Gasteiger partial charge in [-0.2, -0.15) is 5.10 Å². The third-order valence-electron chi connectivity index (χ3n) is 2.32. The average Bonchev–Trinajstić information content (AvgIpc) is 2.48. The lowest BCUT2D eigenvalue weighted by Gasteiger charge is -2.07. The van der Waals surface area contributed by atoms with Crippen molar-refractivity contribution in [1.82, 2.24) is 0 Å². The van der Waals surface area contributed by atoms with Crippen molar-refractivity contribution in [3.63, 3.8) is 0 Å². The van der Waals surface area contributed by atoms with E-state index < -0.39 is 17.7 Å². The molecule has 1 N–H and O–H groups in total. The molecule has 0 atom stereocenters. The maximum absolute atomic E-state index is 11.7. The van der Waals surface area contributed by atoms with Crippen LogP contribution in [0.1, 0.15) is 13.8 Å². The highest BCUT2D eigenvalue weighted by Crippen LogP contribution is 2.14. The van der Waals surface area contributed by atoms with Crippen LogP contribution in [-0.4, -0.2) is 38.0 Å². The summed E-state index contributed by atoms with van der Waals surface area (Å²) in [6, 6.07) is 6.81. The first-order valence-electron chi connectivity index (χ1n) is 6.44. The van der Waals surface area contributed by atoms with Gasteiger partial charge in [-0.05, 0) is 38.1 Å². The van der Waals surface area contributed by atoms with Crippen LogP contribution in [0.15, 0.2) is 29.4 Å². The standard InChI is InChI=1S/C14H18N2O5/c1-4-20-13(17)12(14(18)21-5-2)16-15-10-6-8-11(19-3)9-7-10/h6-9,15H,4-5H2,1-3H3. The number of methoxy groups -OCH3 is 1. The second kappa shape index (κ2) is 8.57. The Labute approximate surface area is 122 Å². The van der Waals surface area contributed by atoms with E-state index in [0.717, 1.165) is 0 Å². The van der Waals surface area contributed by atoms with Crippen LogP contribution in [0.25, 0.3) is 0 Å². The molecule has 0 aromatic heterocycles. The zero-order valence-electron chi connectivity index (χ0n) is 12.2. The van der Waals surface area contributed by atoms with Crippen LogP contribution in [0.2, 0.25) is 0 Å². The molecule has 0 aliphatic carbocycles. The van der Waals surface area contributed by atoms with Gasteiger partial charge >= 0.3 is 11.9 Å². The summed E-state index contributed by atoms with van der Waals surface area (Å²) in [6.45, 7) is 3.55. The first-order chi connectivity index (χ1) is 10.1. The molecule has 1 rings (SSSR count). The Morgan fingerprint density at radius 3 is 2.00 bits per heavy atom. The Balaban J connectivity index is 2.85. The molecule has 1 aromatic rings. The molecule has 0 unspecified atom stereocenters. The highest BCUT2D eigenvalue weighted by Gasteiger charge is 2.23. The van der Waals surface area contributed by atoms with E-state index in [1.54, 1.807) is 45.2 Å². The molecule has 7 heteroatoms. The molecule has 0 fully saturated rings. The van der Waals surface area contributed by atoms with Crippen molar-refractivity contribution in [3.8, 4) is 5.75 Å². The number of hydrogen-bond acceptors (Lipinski definition) is 7. The summed E-state index contributed by atoms with van der Waals surface area (Å²) in [5.74, 6) is -0.991. The predicted octanol–water partition coefficient (Wildman–Crippen LogP) is 1.59. The number of carbonyl (C=O) groups is 2. The van der Waals surface area contributed by atoms with Crippen LogP contribution < -0.4 is 10.2 Å². The molecular weight excluding hydrogens is 276 g/mol. The first-order valence-corrected chi connectivity index (χ1v) is 6.44. The van der Waals surface area contributed by atoms with Crippen LogP contribution >= 0.6 is 0 Å². The van der Waals surface area contributed by atoms with E-state index in [2.05, 4.69) is 10.5 Å². The largest absolute Gasteiger partial charge is 0.497 e. The third-order valence-corrected chi connectivity index (χ3v) is 2.32. The van der Waals surface area contributed by atoms with Crippen LogP contribution in [0.5, 0.6) is 5.75 Å². The van der Waals surface area contributed by atoms with Gasteiger partial charge in [0.05, 0.1) is 26.0 Å². The number of benzene rings is 1. The molecule has 114 valence electrons. The summed E-state index contributed by atoms with van der Waals surface area (Å²) in [4.78, 5) is 23.3. The van der Waals surface area contributed by atoms with Crippen LogP contribution in [0.3, 0.4) is 0 Å². The van der Waals surface area contributed by atoms with Gasteiger partial charge in [0.2, 0.25) is 0 Å². The predicted molar refractivity (Wildman–Crippen MR) is 77.3 cm³/mol. The molecule has 0 saturated heterocycles. The third kappa shape index (κ3) is 5.13. The summed E-state index contributed by atoms with van der Waals surface area (Å²) >= 11 is 0. The average molecular weight is 294 g/mol. The number of hydrazone groups is 1. The van der Waals surface area contributed by atoms with Gasteiger partial charge in [-0.3, -0.25) is 5.43 Å². The number of anilines is 1. The molecule has 1 aromatic carbocycles. The second-order valence-corrected chi connectivity index (χ2v) is 3.74. The van der Waals surface area contributed by atoms with Gasteiger partial charge in [-0.25, -0.2) is 9.59 Å². The molecule has 0 aliphatic rings. The summed E-state index contributed by atoms with van der Waals surface area (Å²) in [7, 11) is 1.56. The van der Waals surface area contributed by atoms with Gasteiger partial charge < -0.3 is 14.2 Å². The van der Waals surface area contributed by atoms with E-state index in [-0.39, 0.29) is 13.2 Å². The number of carbonyl (C=O) groups excluding carboxylic acids is 2. The zero-order chi connectivity index (χ0) is 15.7. The van der Waals surface area contributed by atoms with Crippen LogP contribution in [-0.2, 0) is 19.1 Å².